The Morgan fingerprint density at radius 1 is 0.897 bits per heavy atom. The first-order valence-corrected chi connectivity index (χ1v) is 10.2. The van der Waals surface area contributed by atoms with Crippen LogP contribution in [-0.4, -0.2) is 18.9 Å². The molecular formula is C23H16Br2O4. The summed E-state index contributed by atoms with van der Waals surface area (Å²) in [4.78, 5) is 24.7. The summed E-state index contributed by atoms with van der Waals surface area (Å²) in [6.07, 6.45) is 3.18. The molecule has 0 fully saturated rings. The van der Waals surface area contributed by atoms with Crippen LogP contribution in [-0.2, 0) is 0 Å². The summed E-state index contributed by atoms with van der Waals surface area (Å²) >= 11 is 6.69. The van der Waals surface area contributed by atoms with Crippen molar-refractivity contribution in [1.29, 1.82) is 0 Å². The number of halogens is 2. The van der Waals surface area contributed by atoms with E-state index in [1.807, 2.05) is 18.2 Å². The van der Waals surface area contributed by atoms with Gasteiger partial charge in [-0.05, 0) is 76.1 Å². The van der Waals surface area contributed by atoms with Crippen LogP contribution in [0, 0.1) is 0 Å². The van der Waals surface area contributed by atoms with E-state index in [0.29, 0.717) is 27.1 Å². The van der Waals surface area contributed by atoms with Gasteiger partial charge in [0, 0.05) is 14.5 Å². The number of ketones is 1. The summed E-state index contributed by atoms with van der Waals surface area (Å²) < 4.78 is 12.4. The Morgan fingerprint density at radius 2 is 1.62 bits per heavy atom. The Hall–Kier alpha value is -2.70. The zero-order valence-electron chi connectivity index (χ0n) is 15.4. The van der Waals surface area contributed by atoms with Gasteiger partial charge < -0.3 is 9.47 Å². The average Bonchev–Trinajstić information content (AvgIpc) is 2.73. The van der Waals surface area contributed by atoms with Crippen LogP contribution >= 0.6 is 31.9 Å². The zero-order valence-corrected chi connectivity index (χ0v) is 18.6. The van der Waals surface area contributed by atoms with Gasteiger partial charge >= 0.3 is 5.97 Å². The fourth-order valence-electron chi connectivity index (χ4n) is 2.54. The molecule has 0 heterocycles. The smallest absolute Gasteiger partial charge is 0.344 e. The molecule has 3 rings (SSSR count). The lowest BCUT2D eigenvalue weighted by Gasteiger charge is -2.10. The summed E-state index contributed by atoms with van der Waals surface area (Å²) in [5.74, 6) is 0.0821. The standard InChI is InChI=1S/C23H16Br2O4/c1-28-22-14-15(6-12-20(26)16-8-10-17(24)11-9-16)7-13-21(22)29-23(27)18-4-2-3-5-19(18)25/h2-14H,1H3/b12-6+. The van der Waals surface area contributed by atoms with Crippen LogP contribution in [0.3, 0.4) is 0 Å². The molecular weight excluding hydrogens is 500 g/mol. The second-order valence-electron chi connectivity index (χ2n) is 5.98. The van der Waals surface area contributed by atoms with Gasteiger partial charge in [0.2, 0.25) is 0 Å². The molecule has 3 aromatic carbocycles. The lowest BCUT2D eigenvalue weighted by molar-refractivity contribution is 0.0728. The number of hydrogen-bond donors (Lipinski definition) is 0. The number of carbonyl (C=O) groups excluding carboxylic acids is 2. The van der Waals surface area contributed by atoms with Gasteiger partial charge in [-0.25, -0.2) is 4.79 Å². The van der Waals surface area contributed by atoms with Crippen molar-refractivity contribution >= 4 is 49.7 Å². The summed E-state index contributed by atoms with van der Waals surface area (Å²) in [6.45, 7) is 0. The zero-order chi connectivity index (χ0) is 20.8. The van der Waals surface area contributed by atoms with Crippen molar-refractivity contribution in [2.75, 3.05) is 7.11 Å². The summed E-state index contributed by atoms with van der Waals surface area (Å²) in [5.41, 5.74) is 1.75. The lowest BCUT2D eigenvalue weighted by atomic mass is 10.1. The van der Waals surface area contributed by atoms with Gasteiger partial charge in [-0.3, -0.25) is 4.79 Å². The highest BCUT2D eigenvalue weighted by atomic mass is 79.9. The van der Waals surface area contributed by atoms with Crippen molar-refractivity contribution < 1.29 is 19.1 Å². The van der Waals surface area contributed by atoms with Crippen molar-refractivity contribution in [3.8, 4) is 11.5 Å². The maximum Gasteiger partial charge on any atom is 0.344 e. The first-order chi connectivity index (χ1) is 14.0. The third-order valence-corrected chi connectivity index (χ3v) is 5.26. The van der Waals surface area contributed by atoms with E-state index in [0.717, 1.165) is 10.0 Å². The van der Waals surface area contributed by atoms with E-state index in [1.54, 1.807) is 54.6 Å². The van der Waals surface area contributed by atoms with E-state index in [4.69, 9.17) is 9.47 Å². The SMILES string of the molecule is COc1cc(/C=C/C(=O)c2ccc(Br)cc2)ccc1OC(=O)c1ccccc1Br. The van der Waals surface area contributed by atoms with Crippen molar-refractivity contribution in [3.63, 3.8) is 0 Å². The molecule has 0 atom stereocenters. The molecule has 3 aromatic rings. The Bertz CT molecular complexity index is 1070. The second-order valence-corrected chi connectivity index (χ2v) is 7.75. The molecule has 146 valence electrons. The van der Waals surface area contributed by atoms with Gasteiger partial charge in [0.15, 0.2) is 17.3 Å². The minimum Gasteiger partial charge on any atom is -0.493 e. The number of benzene rings is 3. The van der Waals surface area contributed by atoms with Crippen LogP contribution in [0.2, 0.25) is 0 Å². The molecule has 0 spiro atoms. The van der Waals surface area contributed by atoms with Crippen molar-refractivity contribution in [2.24, 2.45) is 0 Å². The minimum absolute atomic E-state index is 0.110. The first-order valence-electron chi connectivity index (χ1n) is 8.60. The molecule has 0 amide bonds. The van der Waals surface area contributed by atoms with Gasteiger partial charge in [-0.1, -0.05) is 40.2 Å². The highest BCUT2D eigenvalue weighted by Gasteiger charge is 2.15. The van der Waals surface area contributed by atoms with Gasteiger partial charge in [-0.2, -0.15) is 0 Å². The largest absolute Gasteiger partial charge is 0.493 e. The normalized spacial score (nSPS) is 10.7. The molecule has 0 unspecified atom stereocenters. The van der Waals surface area contributed by atoms with E-state index >= 15 is 0 Å². The number of esters is 1. The Kier molecular flexibility index (Phi) is 7.01. The van der Waals surface area contributed by atoms with Gasteiger partial charge in [0.25, 0.3) is 0 Å². The lowest BCUT2D eigenvalue weighted by Crippen LogP contribution is -2.10. The van der Waals surface area contributed by atoms with E-state index < -0.39 is 5.97 Å². The molecule has 0 aliphatic carbocycles. The second kappa shape index (κ2) is 9.67. The number of ether oxygens (including phenoxy) is 2. The van der Waals surface area contributed by atoms with E-state index in [2.05, 4.69) is 31.9 Å². The third kappa shape index (κ3) is 5.43. The number of methoxy groups -OCH3 is 1. The van der Waals surface area contributed by atoms with Gasteiger partial charge in [-0.15, -0.1) is 0 Å². The van der Waals surface area contributed by atoms with Crippen molar-refractivity contribution in [1.82, 2.24) is 0 Å². The average molecular weight is 516 g/mol. The van der Waals surface area contributed by atoms with Crippen LogP contribution in [0.4, 0.5) is 0 Å². The Labute approximate surface area is 185 Å². The predicted molar refractivity (Wildman–Crippen MR) is 120 cm³/mol. The molecule has 0 saturated heterocycles. The fourth-order valence-corrected chi connectivity index (χ4v) is 3.25. The molecule has 29 heavy (non-hydrogen) atoms. The van der Waals surface area contributed by atoms with E-state index in [9.17, 15) is 9.59 Å². The topological polar surface area (TPSA) is 52.6 Å². The minimum atomic E-state index is -0.496. The van der Waals surface area contributed by atoms with Crippen LogP contribution in [0.1, 0.15) is 26.3 Å². The molecule has 4 nitrogen and oxygen atoms in total. The summed E-state index contributed by atoms with van der Waals surface area (Å²) in [5, 5.41) is 0. The number of carbonyl (C=O) groups is 2. The fraction of sp³-hybridized carbons (Fsp3) is 0.0435. The quantitative estimate of drug-likeness (QED) is 0.166. The molecule has 0 aliphatic heterocycles. The van der Waals surface area contributed by atoms with Crippen LogP contribution in [0.15, 0.2) is 81.8 Å². The van der Waals surface area contributed by atoms with Crippen LogP contribution < -0.4 is 9.47 Å². The Morgan fingerprint density at radius 3 is 2.31 bits per heavy atom. The number of allylic oxidation sites excluding steroid dienone is 1. The van der Waals surface area contributed by atoms with Crippen LogP contribution in [0.25, 0.3) is 6.08 Å². The highest BCUT2D eigenvalue weighted by Crippen LogP contribution is 2.30. The third-order valence-electron chi connectivity index (χ3n) is 4.04. The molecule has 0 aliphatic rings. The molecule has 0 radical (unpaired) electrons. The van der Waals surface area contributed by atoms with Gasteiger partial charge in [0.05, 0.1) is 12.7 Å². The molecule has 0 saturated carbocycles. The number of hydrogen-bond acceptors (Lipinski definition) is 4. The first kappa shape index (κ1) is 21.0. The Balaban J connectivity index is 1.76. The van der Waals surface area contributed by atoms with Gasteiger partial charge in [0.1, 0.15) is 0 Å². The molecule has 6 heteroatoms. The van der Waals surface area contributed by atoms with Crippen molar-refractivity contribution in [3.05, 3.63) is 98.4 Å². The summed E-state index contributed by atoms with van der Waals surface area (Å²) in [6, 6.07) is 19.2. The van der Waals surface area contributed by atoms with Crippen molar-refractivity contribution in [2.45, 2.75) is 0 Å². The maximum atomic E-state index is 12.4. The molecule has 0 aromatic heterocycles. The highest BCUT2D eigenvalue weighted by molar-refractivity contribution is 9.10. The maximum absolute atomic E-state index is 12.4. The predicted octanol–water partition coefficient (Wildman–Crippen LogP) is 6.34. The monoisotopic (exact) mass is 514 g/mol. The molecule has 0 N–H and O–H groups in total. The van der Waals surface area contributed by atoms with E-state index in [-0.39, 0.29) is 5.78 Å². The molecule has 0 bridgehead atoms. The van der Waals surface area contributed by atoms with E-state index in [1.165, 1.54) is 13.2 Å². The van der Waals surface area contributed by atoms with Crippen LogP contribution in [0.5, 0.6) is 11.5 Å². The number of rotatable bonds is 6. The summed E-state index contributed by atoms with van der Waals surface area (Å²) in [7, 11) is 1.49.